The van der Waals surface area contributed by atoms with Crippen LogP contribution in [-0.4, -0.2) is 43.9 Å². The number of aryl methyl sites for hydroxylation is 1. The fraction of sp³-hybridized carbons (Fsp3) is 0.263. The molecule has 0 atom stereocenters. The number of fused-ring (bicyclic) bond motifs is 1. The first-order valence-corrected chi connectivity index (χ1v) is 11.1. The normalized spacial score (nSPS) is 13.8. The zero-order valence-corrected chi connectivity index (χ0v) is 17.2. The highest BCUT2D eigenvalue weighted by Gasteiger charge is 2.25. The van der Waals surface area contributed by atoms with Crippen molar-refractivity contribution in [1.82, 2.24) is 4.31 Å². The first-order valence-electron chi connectivity index (χ1n) is 8.71. The second-order valence-corrected chi connectivity index (χ2v) is 9.42. The Morgan fingerprint density at radius 1 is 1.21 bits per heavy atom. The third kappa shape index (κ3) is 4.54. The smallest absolute Gasteiger partial charge is 0.243 e. The summed E-state index contributed by atoms with van der Waals surface area (Å²) in [5.41, 5.74) is 2.23. The number of hydrogen-bond donors (Lipinski definition) is 2. The van der Waals surface area contributed by atoms with Gasteiger partial charge in [0.2, 0.25) is 21.8 Å². The van der Waals surface area contributed by atoms with Gasteiger partial charge in [0.25, 0.3) is 0 Å². The van der Waals surface area contributed by atoms with Gasteiger partial charge in [-0.25, -0.2) is 8.42 Å². The third-order valence-electron chi connectivity index (χ3n) is 4.30. The maximum Gasteiger partial charge on any atom is 0.243 e. The fourth-order valence-electron chi connectivity index (χ4n) is 2.71. The molecule has 0 radical (unpaired) electrons. The van der Waals surface area contributed by atoms with Crippen LogP contribution in [0.3, 0.4) is 0 Å². The van der Waals surface area contributed by atoms with Crippen molar-refractivity contribution in [2.24, 2.45) is 0 Å². The molecule has 0 bridgehead atoms. The van der Waals surface area contributed by atoms with E-state index in [4.69, 9.17) is 0 Å². The highest BCUT2D eigenvalue weighted by atomic mass is 32.2. The monoisotopic (exact) mass is 419 g/mol. The van der Waals surface area contributed by atoms with Crippen molar-refractivity contribution < 1.29 is 18.0 Å². The molecule has 0 saturated carbocycles. The number of thioether (sulfide) groups is 1. The van der Waals surface area contributed by atoms with Crippen molar-refractivity contribution in [3.05, 3.63) is 48.0 Å². The minimum Gasteiger partial charge on any atom is -0.325 e. The zero-order chi connectivity index (χ0) is 20.3. The Kier molecular flexibility index (Phi) is 6.07. The van der Waals surface area contributed by atoms with Crippen LogP contribution in [0, 0.1) is 0 Å². The van der Waals surface area contributed by atoms with Crippen molar-refractivity contribution in [1.29, 1.82) is 0 Å². The lowest BCUT2D eigenvalue weighted by Crippen LogP contribution is -2.35. The lowest BCUT2D eigenvalue weighted by atomic mass is 10.1. The van der Waals surface area contributed by atoms with E-state index in [1.807, 2.05) is 19.1 Å². The van der Waals surface area contributed by atoms with Crippen LogP contribution in [-0.2, 0) is 26.0 Å². The lowest BCUT2D eigenvalue weighted by molar-refractivity contribution is -0.116. The second-order valence-electron chi connectivity index (χ2n) is 6.35. The first kappa shape index (κ1) is 20.4. The van der Waals surface area contributed by atoms with Gasteiger partial charge in [-0.15, -0.1) is 11.8 Å². The summed E-state index contributed by atoms with van der Waals surface area (Å²) in [5, 5.41) is 5.37. The predicted octanol–water partition coefficient (Wildman–Crippen LogP) is 2.55. The molecule has 9 heteroatoms. The van der Waals surface area contributed by atoms with Gasteiger partial charge < -0.3 is 10.6 Å². The quantitative estimate of drug-likeness (QED) is 0.750. The average Bonchev–Trinajstić information content (AvgIpc) is 2.67. The lowest BCUT2D eigenvalue weighted by Gasteiger charge is -2.20. The number of carbonyl (C=O) groups is 2. The number of hydrogen-bond acceptors (Lipinski definition) is 5. The van der Waals surface area contributed by atoms with Crippen molar-refractivity contribution in [3.8, 4) is 0 Å². The SMILES string of the molecule is CCc1ccc(NC(=O)CN(C)S(=O)(=O)c2ccc3c(c2)NC(=O)CS3)cc1. The molecule has 1 aliphatic rings. The maximum atomic E-state index is 12.8. The number of anilines is 2. The number of nitrogens with one attached hydrogen (secondary N) is 2. The van der Waals surface area contributed by atoms with Crippen molar-refractivity contribution in [2.75, 3.05) is 30.0 Å². The topological polar surface area (TPSA) is 95.6 Å². The van der Waals surface area contributed by atoms with Crippen LogP contribution in [0.2, 0.25) is 0 Å². The summed E-state index contributed by atoms with van der Waals surface area (Å²) >= 11 is 1.35. The van der Waals surface area contributed by atoms with Gasteiger partial charge in [0.05, 0.1) is 22.9 Å². The van der Waals surface area contributed by atoms with Crippen LogP contribution in [0.1, 0.15) is 12.5 Å². The molecule has 0 aliphatic carbocycles. The third-order valence-corrected chi connectivity index (χ3v) is 7.18. The summed E-state index contributed by atoms with van der Waals surface area (Å²) in [4.78, 5) is 24.6. The Morgan fingerprint density at radius 2 is 1.93 bits per heavy atom. The largest absolute Gasteiger partial charge is 0.325 e. The maximum absolute atomic E-state index is 12.8. The molecule has 0 aromatic heterocycles. The van der Waals surface area contributed by atoms with E-state index in [9.17, 15) is 18.0 Å². The number of benzene rings is 2. The van der Waals surface area contributed by atoms with E-state index in [1.165, 1.54) is 30.9 Å². The Morgan fingerprint density at radius 3 is 2.61 bits per heavy atom. The van der Waals surface area contributed by atoms with E-state index in [0.29, 0.717) is 17.1 Å². The molecule has 2 aromatic carbocycles. The summed E-state index contributed by atoms with van der Waals surface area (Å²) in [6, 6.07) is 12.0. The van der Waals surface area contributed by atoms with E-state index in [-0.39, 0.29) is 17.3 Å². The highest BCUT2D eigenvalue weighted by Crippen LogP contribution is 2.33. The van der Waals surface area contributed by atoms with Crippen LogP contribution < -0.4 is 10.6 Å². The van der Waals surface area contributed by atoms with Crippen LogP contribution in [0.25, 0.3) is 0 Å². The fourth-order valence-corrected chi connectivity index (χ4v) is 4.66. The number of likely N-dealkylation sites (N-methyl/N-ethyl adjacent to an activating group) is 1. The predicted molar refractivity (Wildman–Crippen MR) is 110 cm³/mol. The molecule has 0 fully saturated rings. The van der Waals surface area contributed by atoms with Gasteiger partial charge >= 0.3 is 0 Å². The molecule has 3 rings (SSSR count). The molecule has 0 saturated heterocycles. The molecule has 0 spiro atoms. The van der Waals surface area contributed by atoms with Crippen molar-refractivity contribution in [3.63, 3.8) is 0 Å². The number of rotatable bonds is 6. The molecular weight excluding hydrogens is 398 g/mol. The molecule has 2 aromatic rings. The standard InChI is InChI=1S/C19H21N3O4S2/c1-3-13-4-6-14(7-5-13)20-18(23)11-22(2)28(25,26)15-8-9-17-16(10-15)21-19(24)12-27-17/h4-10H,3,11-12H2,1-2H3,(H,20,23)(H,21,24). The van der Waals surface area contributed by atoms with Gasteiger partial charge in [0, 0.05) is 17.6 Å². The van der Waals surface area contributed by atoms with E-state index in [2.05, 4.69) is 10.6 Å². The Hall–Kier alpha value is -2.36. The summed E-state index contributed by atoms with van der Waals surface area (Å²) in [6.07, 6.45) is 0.898. The number of amides is 2. The molecule has 148 valence electrons. The molecule has 0 unspecified atom stereocenters. The van der Waals surface area contributed by atoms with Crippen LogP contribution in [0.4, 0.5) is 11.4 Å². The van der Waals surface area contributed by atoms with Crippen LogP contribution in [0.15, 0.2) is 52.3 Å². The van der Waals surface area contributed by atoms with E-state index < -0.39 is 15.9 Å². The molecule has 1 heterocycles. The molecule has 7 nitrogen and oxygen atoms in total. The van der Waals surface area contributed by atoms with E-state index >= 15 is 0 Å². The van der Waals surface area contributed by atoms with Crippen molar-refractivity contribution >= 4 is 45.0 Å². The summed E-state index contributed by atoms with van der Waals surface area (Å²) in [6.45, 7) is 1.72. The van der Waals surface area contributed by atoms with Gasteiger partial charge in [-0.1, -0.05) is 19.1 Å². The molecular formula is C19H21N3O4S2. The summed E-state index contributed by atoms with van der Waals surface area (Å²) in [5.74, 6) is -0.302. The highest BCUT2D eigenvalue weighted by molar-refractivity contribution is 8.00. The van der Waals surface area contributed by atoms with Crippen molar-refractivity contribution in [2.45, 2.75) is 23.1 Å². The molecule has 28 heavy (non-hydrogen) atoms. The number of carbonyl (C=O) groups excluding carboxylic acids is 2. The Balaban J connectivity index is 1.70. The first-order chi connectivity index (χ1) is 13.3. The number of nitrogens with zero attached hydrogens (tertiary/aromatic N) is 1. The summed E-state index contributed by atoms with van der Waals surface area (Å²) in [7, 11) is -2.53. The van der Waals surface area contributed by atoms with E-state index in [1.54, 1.807) is 18.2 Å². The van der Waals surface area contributed by atoms with Crippen LogP contribution in [0.5, 0.6) is 0 Å². The number of sulfonamides is 1. The van der Waals surface area contributed by atoms with Gasteiger partial charge in [-0.05, 0) is 42.3 Å². The van der Waals surface area contributed by atoms with E-state index in [0.717, 1.165) is 21.2 Å². The zero-order valence-electron chi connectivity index (χ0n) is 15.6. The Labute approximate surface area is 168 Å². The van der Waals surface area contributed by atoms with Crippen LogP contribution >= 0.6 is 11.8 Å². The minimum absolute atomic E-state index is 0.0247. The van der Waals surface area contributed by atoms with Gasteiger partial charge in [-0.2, -0.15) is 4.31 Å². The minimum atomic E-state index is -3.88. The average molecular weight is 420 g/mol. The van der Waals surface area contributed by atoms with Gasteiger partial charge in [0.15, 0.2) is 0 Å². The molecule has 1 aliphatic heterocycles. The van der Waals surface area contributed by atoms with Gasteiger partial charge in [0.1, 0.15) is 0 Å². The summed E-state index contributed by atoms with van der Waals surface area (Å²) < 4.78 is 26.6. The molecule has 2 N–H and O–H groups in total. The molecule has 2 amide bonds. The second kappa shape index (κ2) is 8.34. The Bertz CT molecular complexity index is 1000. The van der Waals surface area contributed by atoms with Gasteiger partial charge in [-0.3, -0.25) is 9.59 Å².